The van der Waals surface area contributed by atoms with E-state index < -0.39 is 41.3 Å². The summed E-state index contributed by atoms with van der Waals surface area (Å²) in [6.45, 7) is 11.6. The molecule has 3 aromatic carbocycles. The molecule has 0 bridgehead atoms. The van der Waals surface area contributed by atoms with Crippen molar-refractivity contribution in [3.05, 3.63) is 90.5 Å². The van der Waals surface area contributed by atoms with Gasteiger partial charge in [-0.1, -0.05) is 81.8 Å². The molecule has 16 nitrogen and oxygen atoms in total. The van der Waals surface area contributed by atoms with Crippen molar-refractivity contribution >= 4 is 62.9 Å². The van der Waals surface area contributed by atoms with Crippen LogP contribution < -0.4 is 10.6 Å². The number of nitrogens with zero attached hydrogens (tertiary/aromatic N) is 6. The van der Waals surface area contributed by atoms with Gasteiger partial charge in [0.15, 0.2) is 0 Å². The van der Waals surface area contributed by atoms with E-state index in [2.05, 4.69) is 29.8 Å². The Balaban J connectivity index is 0.000000223. The van der Waals surface area contributed by atoms with Crippen molar-refractivity contribution in [3.63, 3.8) is 0 Å². The molecule has 2 saturated heterocycles. The number of rotatable bonds is 10. The fraction of sp³-hybridized carbons (Fsp3) is 0.400. The van der Waals surface area contributed by atoms with Crippen molar-refractivity contribution < 1.29 is 38.6 Å². The molecule has 2 aromatic heterocycles. The van der Waals surface area contributed by atoms with Crippen molar-refractivity contribution in [2.24, 2.45) is 0 Å². The summed E-state index contributed by atoms with van der Waals surface area (Å²) in [5.41, 5.74) is 2.19. The summed E-state index contributed by atoms with van der Waals surface area (Å²) < 4.78 is 18.8. The van der Waals surface area contributed by atoms with E-state index in [0.29, 0.717) is 59.3 Å². The molecule has 63 heavy (non-hydrogen) atoms. The molecule has 0 aliphatic carbocycles. The van der Waals surface area contributed by atoms with Crippen molar-refractivity contribution in [1.29, 1.82) is 0 Å². The van der Waals surface area contributed by atoms with Gasteiger partial charge < -0.3 is 30.1 Å². The lowest BCUT2D eigenvalue weighted by atomic mass is 9.93. The molecule has 7 rings (SSSR count). The quantitative estimate of drug-likeness (QED) is 0.114. The Morgan fingerprint density at radius 2 is 1.14 bits per heavy atom. The van der Waals surface area contributed by atoms with Crippen LogP contribution in [-0.4, -0.2) is 100 Å². The molecule has 0 radical (unpaired) electrons. The summed E-state index contributed by atoms with van der Waals surface area (Å²) in [6, 6.07) is 23.9. The number of benzene rings is 3. The van der Waals surface area contributed by atoms with Gasteiger partial charge in [0, 0.05) is 47.3 Å². The lowest BCUT2D eigenvalue weighted by Gasteiger charge is -2.29. The molecule has 18 heteroatoms. The average Bonchev–Trinajstić information content (AvgIpc) is 4.08. The number of carbonyl (C=O) groups is 5. The molecular weight excluding hydrogens is 845 g/mol. The molecule has 4 heterocycles. The SMILES string of the molecule is CC(C)(C)OC(=O)C[C@H](C(=O)N1CCC[C@H]1C(=O)Nc1snnc1-c1ccccc1)c1ccc(O)cc1.CC(C)(C)OC(=O)N1CCC[C@H]1C(=O)Nc1snnc1-c1ccccc1. The molecule has 3 atom stereocenters. The molecule has 4 amide bonds. The summed E-state index contributed by atoms with van der Waals surface area (Å²) in [7, 11) is 0. The minimum absolute atomic E-state index is 0.0537. The Kier molecular flexibility index (Phi) is 14.9. The Morgan fingerprint density at radius 3 is 1.62 bits per heavy atom. The summed E-state index contributed by atoms with van der Waals surface area (Å²) >= 11 is 2.20. The second kappa shape index (κ2) is 20.3. The number of phenolic OH excluding ortho intramolecular Hbond substituents is 1. The predicted octanol–water partition coefficient (Wildman–Crippen LogP) is 7.90. The normalized spacial score (nSPS) is 16.7. The molecule has 2 aliphatic heterocycles. The maximum atomic E-state index is 13.8. The summed E-state index contributed by atoms with van der Waals surface area (Å²) in [4.78, 5) is 68.0. The topological polar surface area (TPSA) is 206 Å². The highest BCUT2D eigenvalue weighted by Gasteiger charge is 2.40. The number of ether oxygens (including phenoxy) is 2. The molecule has 2 fully saturated rings. The van der Waals surface area contributed by atoms with E-state index in [1.54, 1.807) is 32.9 Å². The number of nitrogens with one attached hydrogen (secondary N) is 2. The summed E-state index contributed by atoms with van der Waals surface area (Å²) in [6.07, 6.45) is 1.90. The Morgan fingerprint density at radius 1 is 0.683 bits per heavy atom. The van der Waals surface area contributed by atoms with E-state index in [4.69, 9.17) is 9.47 Å². The average molecular weight is 897 g/mol. The fourth-order valence-electron chi connectivity index (χ4n) is 7.19. The van der Waals surface area contributed by atoms with Crippen LogP contribution in [0.1, 0.15) is 85.1 Å². The minimum atomic E-state index is -0.853. The first kappa shape index (κ1) is 46.2. The second-order valence-corrected chi connectivity index (χ2v) is 18.6. The zero-order chi connectivity index (χ0) is 45.3. The van der Waals surface area contributed by atoms with Crippen LogP contribution in [0.4, 0.5) is 14.8 Å². The number of aromatic nitrogens is 4. The van der Waals surface area contributed by atoms with Gasteiger partial charge in [0.2, 0.25) is 17.7 Å². The Bertz CT molecular complexity index is 2360. The van der Waals surface area contributed by atoms with Crippen molar-refractivity contribution in [1.82, 2.24) is 29.0 Å². The first-order chi connectivity index (χ1) is 30.0. The summed E-state index contributed by atoms with van der Waals surface area (Å²) in [5.74, 6) is -2.21. The number of phenols is 1. The van der Waals surface area contributed by atoms with Crippen LogP contribution in [0.25, 0.3) is 22.5 Å². The van der Waals surface area contributed by atoms with E-state index in [1.807, 2.05) is 81.4 Å². The van der Waals surface area contributed by atoms with Gasteiger partial charge in [0.05, 0.1) is 12.3 Å². The van der Waals surface area contributed by atoms with E-state index in [0.717, 1.165) is 40.6 Å². The zero-order valence-electron chi connectivity index (χ0n) is 36.1. The highest BCUT2D eigenvalue weighted by molar-refractivity contribution is 7.11. The number of carbonyl (C=O) groups excluding carboxylic acids is 5. The van der Waals surface area contributed by atoms with Crippen LogP contribution in [0.15, 0.2) is 84.9 Å². The maximum absolute atomic E-state index is 13.8. The second-order valence-electron chi connectivity index (χ2n) is 17.1. The first-order valence-corrected chi connectivity index (χ1v) is 22.2. The number of aromatic hydroxyl groups is 1. The third-order valence-electron chi connectivity index (χ3n) is 9.95. The first-order valence-electron chi connectivity index (χ1n) is 20.7. The van der Waals surface area contributed by atoms with Gasteiger partial charge in [-0.05, 0) is 84.9 Å². The standard InChI is InChI=1S/C27H30N4O5S.C18H22N4O3S/c1-27(2,3)36-22(33)16-20(17-11-13-19(32)14-12-17)26(35)31-15-7-10-21(31)24(34)28-25-23(29-30-37-25)18-8-5-4-6-9-18;1-18(2,3)25-17(24)22-11-7-10-13(22)15(23)19-16-14(20-21-26-16)12-8-5-4-6-9-12/h4-6,8-9,11-14,20-21,32H,7,10,15-16H2,1-3H3,(H,28,34);4-6,8-9,13H,7,10-11H2,1-3H3,(H,19,23)/t20-,21-;13-/m00/s1. The number of hydrogen-bond donors (Lipinski definition) is 3. The fourth-order valence-corrected chi connectivity index (χ4v) is 8.38. The molecule has 0 saturated carbocycles. The van der Waals surface area contributed by atoms with Gasteiger partial charge in [-0.3, -0.25) is 24.1 Å². The minimum Gasteiger partial charge on any atom is -0.508 e. The third kappa shape index (κ3) is 12.4. The number of anilines is 2. The van der Waals surface area contributed by atoms with Crippen molar-refractivity contribution in [3.8, 4) is 28.3 Å². The largest absolute Gasteiger partial charge is 0.508 e. The highest BCUT2D eigenvalue weighted by Crippen LogP contribution is 2.33. The lowest BCUT2D eigenvalue weighted by Crippen LogP contribution is -2.45. The van der Waals surface area contributed by atoms with E-state index >= 15 is 0 Å². The maximum Gasteiger partial charge on any atom is 0.410 e. The van der Waals surface area contributed by atoms with Crippen LogP contribution in [0.3, 0.4) is 0 Å². The van der Waals surface area contributed by atoms with Crippen LogP contribution in [-0.2, 0) is 28.7 Å². The van der Waals surface area contributed by atoms with Crippen LogP contribution in [0.5, 0.6) is 5.75 Å². The van der Waals surface area contributed by atoms with Gasteiger partial charge >= 0.3 is 12.1 Å². The van der Waals surface area contributed by atoms with Gasteiger partial charge in [0.25, 0.3) is 0 Å². The predicted molar refractivity (Wildman–Crippen MR) is 240 cm³/mol. The molecular formula is C45H52N8O8S2. The molecule has 0 unspecified atom stereocenters. The van der Waals surface area contributed by atoms with E-state index in [-0.39, 0.29) is 29.9 Å². The number of esters is 1. The monoisotopic (exact) mass is 896 g/mol. The van der Waals surface area contributed by atoms with Gasteiger partial charge in [-0.2, -0.15) is 0 Å². The summed E-state index contributed by atoms with van der Waals surface area (Å²) in [5, 5.41) is 24.9. The molecule has 2 aliphatic rings. The third-order valence-corrected chi connectivity index (χ3v) is 11.2. The van der Waals surface area contributed by atoms with E-state index in [9.17, 15) is 29.1 Å². The number of hydrogen-bond acceptors (Lipinski definition) is 14. The van der Waals surface area contributed by atoms with Gasteiger partial charge in [0.1, 0.15) is 50.4 Å². The molecule has 5 aromatic rings. The Hall–Kier alpha value is -6.27. The van der Waals surface area contributed by atoms with Gasteiger partial charge in [-0.25, -0.2) is 4.79 Å². The molecule has 3 N–H and O–H groups in total. The van der Waals surface area contributed by atoms with Gasteiger partial charge in [-0.15, -0.1) is 10.2 Å². The highest BCUT2D eigenvalue weighted by atomic mass is 32.1. The number of likely N-dealkylation sites (tertiary alicyclic amines) is 2. The van der Waals surface area contributed by atoms with E-state index in [1.165, 1.54) is 21.9 Å². The lowest BCUT2D eigenvalue weighted by molar-refractivity contribution is -0.157. The molecule has 0 spiro atoms. The molecule has 332 valence electrons. The Labute approximate surface area is 374 Å². The zero-order valence-corrected chi connectivity index (χ0v) is 37.7. The smallest absolute Gasteiger partial charge is 0.410 e. The van der Waals surface area contributed by atoms with Crippen molar-refractivity contribution in [2.45, 2.75) is 103 Å². The van der Waals surface area contributed by atoms with Crippen LogP contribution in [0.2, 0.25) is 0 Å². The van der Waals surface area contributed by atoms with Crippen molar-refractivity contribution in [2.75, 3.05) is 23.7 Å². The van der Waals surface area contributed by atoms with Crippen LogP contribution >= 0.6 is 23.1 Å². The number of amides is 4. The van der Waals surface area contributed by atoms with Crippen LogP contribution in [0, 0.1) is 0 Å².